The van der Waals surface area contributed by atoms with Gasteiger partial charge in [-0.15, -0.1) is 22.7 Å². The summed E-state index contributed by atoms with van der Waals surface area (Å²) in [7, 11) is 0. The van der Waals surface area contributed by atoms with Crippen LogP contribution in [0.15, 0.2) is 53.2 Å². The smallest absolute Gasteiger partial charge is 0.428 e. The predicted molar refractivity (Wildman–Crippen MR) is 84.6 cm³/mol. The molecule has 0 bridgehead atoms. The maximum absolute atomic E-state index is 12.9. The lowest BCUT2D eigenvalue weighted by atomic mass is 10.1. The second-order valence-corrected chi connectivity index (χ2v) is 6.49. The van der Waals surface area contributed by atoms with Crippen LogP contribution in [0.3, 0.4) is 0 Å². The van der Waals surface area contributed by atoms with Crippen LogP contribution in [0.2, 0.25) is 0 Å². The van der Waals surface area contributed by atoms with Gasteiger partial charge in [-0.2, -0.15) is 17.6 Å². The Morgan fingerprint density at radius 3 is 2.26 bits per heavy atom. The van der Waals surface area contributed by atoms with E-state index >= 15 is 0 Å². The molecule has 0 amide bonds. The van der Waals surface area contributed by atoms with Gasteiger partial charge in [0.1, 0.15) is 5.75 Å². The maximum atomic E-state index is 12.9. The largest absolute Gasteiger partial charge is 0.461 e. The van der Waals surface area contributed by atoms with Crippen molar-refractivity contribution in [2.24, 2.45) is 0 Å². The highest BCUT2D eigenvalue weighted by Gasteiger charge is 2.43. The van der Waals surface area contributed by atoms with Gasteiger partial charge in [0.25, 0.3) is 0 Å². The molecule has 0 atom stereocenters. The molecule has 120 valence electrons. The highest BCUT2D eigenvalue weighted by atomic mass is 32.1. The van der Waals surface area contributed by atoms with Crippen molar-refractivity contribution in [3.05, 3.63) is 53.2 Å². The summed E-state index contributed by atoms with van der Waals surface area (Å²) in [6.45, 7) is 0. The van der Waals surface area contributed by atoms with Crippen molar-refractivity contribution in [2.45, 2.75) is 12.5 Å². The van der Waals surface area contributed by atoms with Gasteiger partial charge in [0.15, 0.2) is 0 Å². The number of hydrogen-bond donors (Lipinski definition) is 0. The Hall–Kier alpha value is -1.86. The van der Waals surface area contributed by atoms with Crippen molar-refractivity contribution in [2.75, 3.05) is 0 Å². The molecule has 0 aliphatic rings. The van der Waals surface area contributed by atoms with Crippen molar-refractivity contribution in [1.82, 2.24) is 0 Å². The van der Waals surface area contributed by atoms with E-state index in [-0.39, 0.29) is 5.75 Å². The molecule has 0 N–H and O–H groups in total. The second-order valence-electron chi connectivity index (χ2n) is 4.63. The van der Waals surface area contributed by atoms with Crippen LogP contribution in [0.25, 0.3) is 20.9 Å². The average Bonchev–Trinajstić information content (AvgIpc) is 3.18. The van der Waals surface area contributed by atoms with Gasteiger partial charge >= 0.3 is 12.5 Å². The molecule has 0 unspecified atom stereocenters. The van der Waals surface area contributed by atoms with E-state index in [0.29, 0.717) is 0 Å². The number of hydrogen-bond acceptors (Lipinski definition) is 3. The van der Waals surface area contributed by atoms with Crippen LogP contribution >= 0.6 is 22.7 Å². The summed E-state index contributed by atoms with van der Waals surface area (Å²) >= 11 is 3.19. The van der Waals surface area contributed by atoms with Crippen molar-refractivity contribution in [3.8, 4) is 26.6 Å². The van der Waals surface area contributed by atoms with Gasteiger partial charge in [-0.3, -0.25) is 0 Å². The third kappa shape index (κ3) is 3.40. The molecule has 2 aromatic heterocycles. The van der Waals surface area contributed by atoms with Crippen LogP contribution in [0, 0.1) is 0 Å². The molecule has 1 aromatic carbocycles. The van der Waals surface area contributed by atoms with E-state index in [1.807, 2.05) is 29.0 Å². The third-order valence-electron chi connectivity index (χ3n) is 3.08. The Balaban J connectivity index is 1.85. The Bertz CT molecular complexity index is 764. The van der Waals surface area contributed by atoms with E-state index in [2.05, 4.69) is 4.74 Å². The first-order valence-corrected chi connectivity index (χ1v) is 8.30. The molecule has 0 saturated heterocycles. The van der Waals surface area contributed by atoms with Crippen LogP contribution < -0.4 is 4.74 Å². The van der Waals surface area contributed by atoms with Crippen LogP contribution in [0.1, 0.15) is 0 Å². The number of thiophene rings is 2. The van der Waals surface area contributed by atoms with E-state index < -0.39 is 12.5 Å². The first kappa shape index (κ1) is 16.0. The van der Waals surface area contributed by atoms with Crippen molar-refractivity contribution in [1.29, 1.82) is 0 Å². The molecule has 3 aromatic rings. The Labute approximate surface area is 137 Å². The molecule has 23 heavy (non-hydrogen) atoms. The van der Waals surface area contributed by atoms with Crippen LogP contribution in [-0.4, -0.2) is 12.5 Å². The second kappa shape index (κ2) is 6.33. The predicted octanol–water partition coefficient (Wildman–Crippen LogP) is 6.38. The van der Waals surface area contributed by atoms with Gasteiger partial charge in [0, 0.05) is 10.4 Å². The Morgan fingerprint density at radius 2 is 1.65 bits per heavy atom. The van der Waals surface area contributed by atoms with E-state index in [1.54, 1.807) is 34.8 Å². The minimum Gasteiger partial charge on any atom is -0.428 e. The van der Waals surface area contributed by atoms with Crippen molar-refractivity contribution in [3.63, 3.8) is 0 Å². The molecule has 0 aliphatic heterocycles. The molecule has 0 radical (unpaired) electrons. The summed E-state index contributed by atoms with van der Waals surface area (Å²) < 4.78 is 54.1. The molecule has 1 nitrogen and oxygen atoms in total. The zero-order chi connectivity index (χ0) is 16.4. The molecule has 3 rings (SSSR count). The molecule has 0 fully saturated rings. The summed E-state index contributed by atoms with van der Waals surface area (Å²) in [5.74, 6) is -0.299. The fourth-order valence-electron chi connectivity index (χ4n) is 2.04. The summed E-state index contributed by atoms with van der Waals surface area (Å²) in [6, 6.07) is 11.6. The number of halogens is 4. The van der Waals surface area contributed by atoms with E-state index in [9.17, 15) is 17.6 Å². The minimum absolute atomic E-state index is 0.299. The van der Waals surface area contributed by atoms with E-state index in [0.717, 1.165) is 20.9 Å². The lowest BCUT2D eigenvalue weighted by Gasteiger charge is -2.16. The topological polar surface area (TPSA) is 9.23 Å². The van der Waals surface area contributed by atoms with E-state index in [1.165, 1.54) is 12.1 Å². The van der Waals surface area contributed by atoms with E-state index in [4.69, 9.17) is 0 Å². The minimum atomic E-state index is -4.49. The van der Waals surface area contributed by atoms with Crippen LogP contribution in [0.5, 0.6) is 5.75 Å². The first-order valence-electron chi connectivity index (χ1n) is 6.54. The monoisotopic (exact) mass is 358 g/mol. The highest BCUT2D eigenvalue weighted by Crippen LogP contribution is 2.39. The fraction of sp³-hybridized carbons (Fsp3) is 0.125. The molecule has 0 spiro atoms. The molecule has 2 heterocycles. The Kier molecular flexibility index (Phi) is 4.41. The molecule has 7 heteroatoms. The van der Waals surface area contributed by atoms with Gasteiger partial charge in [-0.05, 0) is 40.6 Å². The number of rotatable bonds is 5. The SMILES string of the molecule is FC(F)C(F)(F)Oc1ccc(-c2ccsc2-c2cccs2)cc1. The van der Waals surface area contributed by atoms with Crippen LogP contribution in [0.4, 0.5) is 17.6 Å². The highest BCUT2D eigenvalue weighted by molar-refractivity contribution is 7.20. The van der Waals surface area contributed by atoms with Gasteiger partial charge < -0.3 is 4.74 Å². The van der Waals surface area contributed by atoms with Gasteiger partial charge in [0.2, 0.25) is 0 Å². The molecular formula is C16H10F4OS2. The standard InChI is InChI=1S/C16H10F4OS2/c17-15(18)16(19,20)21-11-5-3-10(4-6-11)12-7-9-23-14(12)13-2-1-8-22-13/h1-9,15H. The zero-order valence-corrected chi connectivity index (χ0v) is 13.1. The first-order chi connectivity index (χ1) is 11.0. The lowest BCUT2D eigenvalue weighted by molar-refractivity contribution is -0.253. The van der Waals surface area contributed by atoms with Crippen LogP contribution in [-0.2, 0) is 0 Å². The summed E-state index contributed by atoms with van der Waals surface area (Å²) in [6.07, 6.45) is -8.36. The Morgan fingerprint density at radius 1 is 0.913 bits per heavy atom. The summed E-state index contributed by atoms with van der Waals surface area (Å²) in [5.41, 5.74) is 1.77. The molecule has 0 aliphatic carbocycles. The quantitative estimate of drug-likeness (QED) is 0.481. The average molecular weight is 358 g/mol. The number of ether oxygens (including phenoxy) is 1. The summed E-state index contributed by atoms with van der Waals surface area (Å²) in [4.78, 5) is 2.19. The van der Waals surface area contributed by atoms with Crippen molar-refractivity contribution < 1.29 is 22.3 Å². The molecule has 0 saturated carbocycles. The number of alkyl halides is 4. The van der Waals surface area contributed by atoms with Gasteiger partial charge in [0.05, 0.1) is 4.88 Å². The molecular weight excluding hydrogens is 348 g/mol. The normalized spacial score (nSPS) is 11.9. The summed E-state index contributed by atoms with van der Waals surface area (Å²) in [5, 5.41) is 3.92. The zero-order valence-electron chi connectivity index (χ0n) is 11.5. The van der Waals surface area contributed by atoms with Crippen molar-refractivity contribution >= 4 is 22.7 Å². The fourth-order valence-corrected chi connectivity index (χ4v) is 3.84. The lowest BCUT2D eigenvalue weighted by Crippen LogP contribution is -2.33. The third-order valence-corrected chi connectivity index (χ3v) is 5.05. The van der Waals surface area contributed by atoms with Gasteiger partial charge in [-0.25, -0.2) is 0 Å². The van der Waals surface area contributed by atoms with Gasteiger partial charge in [-0.1, -0.05) is 18.2 Å². The maximum Gasteiger partial charge on any atom is 0.461 e. The number of benzene rings is 1.